The fraction of sp³-hybridized carbons (Fsp3) is 0.727. The minimum absolute atomic E-state index is 0. The molecule has 18 heavy (non-hydrogen) atoms. The molecule has 1 aliphatic carbocycles. The van der Waals surface area contributed by atoms with Crippen LogP contribution in [0.1, 0.15) is 17.0 Å². The number of thiazole rings is 1. The molecular formula is C11H19Cl2N3OS. The molecule has 1 fully saturated rings. The predicted molar refractivity (Wildman–Crippen MR) is 79.2 cm³/mol. The minimum Gasteiger partial charge on any atom is -0.379 e. The van der Waals surface area contributed by atoms with E-state index in [1.807, 2.05) is 0 Å². The molecule has 0 saturated carbocycles. The number of morpholine rings is 1. The van der Waals surface area contributed by atoms with Crippen LogP contribution in [-0.2, 0) is 17.6 Å². The number of nitrogens with two attached hydrogens (primary N) is 1. The molecular weight excluding hydrogens is 293 g/mol. The second-order valence-electron chi connectivity index (χ2n) is 4.47. The first-order valence-corrected chi connectivity index (χ1v) is 6.70. The molecule has 1 aromatic rings. The number of aromatic nitrogens is 1. The molecule has 2 heterocycles. The molecule has 1 saturated heterocycles. The second-order valence-corrected chi connectivity index (χ2v) is 5.58. The van der Waals surface area contributed by atoms with Gasteiger partial charge in [0.1, 0.15) is 0 Å². The number of halogens is 2. The molecule has 0 bridgehead atoms. The number of nitrogens with zero attached hydrogens (tertiary/aromatic N) is 2. The molecule has 104 valence electrons. The van der Waals surface area contributed by atoms with Crippen molar-refractivity contribution in [1.82, 2.24) is 9.88 Å². The Labute approximate surface area is 124 Å². The fourth-order valence-corrected chi connectivity index (χ4v) is 3.51. The zero-order chi connectivity index (χ0) is 11.0. The average Bonchev–Trinajstić information content (AvgIpc) is 2.69. The van der Waals surface area contributed by atoms with Crippen molar-refractivity contribution in [1.29, 1.82) is 0 Å². The van der Waals surface area contributed by atoms with Crippen LogP contribution in [0.15, 0.2) is 0 Å². The van der Waals surface area contributed by atoms with E-state index in [9.17, 15) is 0 Å². The van der Waals surface area contributed by atoms with Gasteiger partial charge in [-0.2, -0.15) is 0 Å². The Balaban J connectivity index is 0.000000810. The first-order chi connectivity index (χ1) is 7.83. The maximum Gasteiger partial charge on any atom is 0.180 e. The van der Waals surface area contributed by atoms with Crippen LogP contribution < -0.4 is 5.73 Å². The van der Waals surface area contributed by atoms with Crippen molar-refractivity contribution >= 4 is 41.3 Å². The molecule has 1 unspecified atom stereocenters. The highest BCUT2D eigenvalue weighted by molar-refractivity contribution is 7.15. The highest BCUT2D eigenvalue weighted by atomic mass is 35.5. The molecule has 2 aliphatic rings. The van der Waals surface area contributed by atoms with Gasteiger partial charge in [-0.3, -0.25) is 4.90 Å². The van der Waals surface area contributed by atoms with Crippen LogP contribution in [0.5, 0.6) is 0 Å². The van der Waals surface area contributed by atoms with Crippen molar-refractivity contribution in [2.45, 2.75) is 25.3 Å². The Morgan fingerprint density at radius 1 is 1.28 bits per heavy atom. The van der Waals surface area contributed by atoms with Crippen LogP contribution in [0.3, 0.4) is 0 Å². The van der Waals surface area contributed by atoms with Gasteiger partial charge in [0, 0.05) is 30.4 Å². The third kappa shape index (κ3) is 3.27. The number of rotatable bonds is 1. The van der Waals surface area contributed by atoms with Gasteiger partial charge < -0.3 is 10.5 Å². The van der Waals surface area contributed by atoms with Crippen LogP contribution in [0.4, 0.5) is 5.13 Å². The summed E-state index contributed by atoms with van der Waals surface area (Å²) in [5.41, 5.74) is 7.00. The highest BCUT2D eigenvalue weighted by Crippen LogP contribution is 2.30. The van der Waals surface area contributed by atoms with Crippen LogP contribution >= 0.6 is 36.2 Å². The molecule has 1 aliphatic heterocycles. The third-order valence-electron chi connectivity index (χ3n) is 3.49. The second kappa shape index (κ2) is 6.91. The molecule has 7 heteroatoms. The topological polar surface area (TPSA) is 51.4 Å². The molecule has 0 aromatic carbocycles. The number of nitrogen functional groups attached to an aromatic ring is 1. The monoisotopic (exact) mass is 311 g/mol. The molecule has 0 spiro atoms. The summed E-state index contributed by atoms with van der Waals surface area (Å²) >= 11 is 1.66. The zero-order valence-corrected chi connectivity index (χ0v) is 12.6. The lowest BCUT2D eigenvalue weighted by molar-refractivity contribution is 0.0136. The first-order valence-electron chi connectivity index (χ1n) is 5.89. The van der Waals surface area contributed by atoms with Gasteiger partial charge in [0.05, 0.1) is 18.9 Å². The van der Waals surface area contributed by atoms with E-state index in [0.717, 1.165) is 44.3 Å². The van der Waals surface area contributed by atoms with E-state index in [0.29, 0.717) is 6.04 Å². The summed E-state index contributed by atoms with van der Waals surface area (Å²) < 4.78 is 5.39. The van der Waals surface area contributed by atoms with Crippen LogP contribution in [0.25, 0.3) is 0 Å². The highest BCUT2D eigenvalue weighted by Gasteiger charge is 2.27. The van der Waals surface area contributed by atoms with Gasteiger partial charge in [-0.25, -0.2) is 4.98 Å². The van der Waals surface area contributed by atoms with E-state index >= 15 is 0 Å². The van der Waals surface area contributed by atoms with Gasteiger partial charge in [-0.15, -0.1) is 36.2 Å². The molecule has 2 N–H and O–H groups in total. The normalized spacial score (nSPS) is 23.7. The van der Waals surface area contributed by atoms with Crippen molar-refractivity contribution < 1.29 is 4.74 Å². The summed E-state index contributed by atoms with van der Waals surface area (Å²) in [5, 5.41) is 0.729. The lowest BCUT2D eigenvalue weighted by atomic mass is 9.96. The molecule has 3 rings (SSSR count). The Bertz CT molecular complexity index is 382. The predicted octanol–water partition coefficient (Wildman–Crippen LogP) is 1.76. The maximum atomic E-state index is 5.76. The molecule has 1 atom stereocenters. The quantitative estimate of drug-likeness (QED) is 0.858. The number of fused-ring (bicyclic) bond motifs is 1. The summed E-state index contributed by atoms with van der Waals surface area (Å²) in [6.07, 6.45) is 3.46. The van der Waals surface area contributed by atoms with Crippen molar-refractivity contribution in [2.75, 3.05) is 32.0 Å². The number of hydrogen-bond acceptors (Lipinski definition) is 5. The summed E-state index contributed by atoms with van der Waals surface area (Å²) in [6, 6.07) is 0.651. The van der Waals surface area contributed by atoms with Crippen LogP contribution in [0.2, 0.25) is 0 Å². The Hall–Kier alpha value is -0.0700. The standard InChI is InChI=1S/C11H17N3OS.2ClH/c12-11-13-9-7-8(1-2-10(9)16-11)14-3-5-15-6-4-14;;/h8H,1-7H2,(H2,12,13);2*1H. The maximum absolute atomic E-state index is 5.76. The third-order valence-corrected chi connectivity index (χ3v) is 4.48. The summed E-state index contributed by atoms with van der Waals surface area (Å²) in [6.45, 7) is 3.89. The molecule has 0 amide bonds. The SMILES string of the molecule is Cl.Cl.Nc1nc2c(s1)CCC(N1CCOCC1)C2. The van der Waals surface area contributed by atoms with E-state index in [1.54, 1.807) is 11.3 Å². The summed E-state index contributed by atoms with van der Waals surface area (Å²) in [7, 11) is 0. The number of aryl methyl sites for hydroxylation is 1. The van der Waals surface area contributed by atoms with Crippen LogP contribution in [-0.4, -0.2) is 42.2 Å². The number of hydrogen-bond donors (Lipinski definition) is 1. The van der Waals surface area contributed by atoms with Crippen molar-refractivity contribution in [2.24, 2.45) is 0 Å². The lowest BCUT2D eigenvalue weighted by Crippen LogP contribution is -2.45. The van der Waals surface area contributed by atoms with E-state index in [2.05, 4.69) is 9.88 Å². The molecule has 0 radical (unpaired) electrons. The van der Waals surface area contributed by atoms with Crippen molar-refractivity contribution in [3.8, 4) is 0 Å². The largest absolute Gasteiger partial charge is 0.379 e. The number of ether oxygens (including phenoxy) is 1. The Morgan fingerprint density at radius 3 is 2.72 bits per heavy atom. The van der Waals surface area contributed by atoms with E-state index < -0.39 is 0 Å². The first kappa shape index (κ1) is 16.0. The van der Waals surface area contributed by atoms with Gasteiger partial charge in [-0.1, -0.05) is 0 Å². The van der Waals surface area contributed by atoms with Gasteiger partial charge in [-0.05, 0) is 12.8 Å². The van der Waals surface area contributed by atoms with E-state index in [4.69, 9.17) is 10.5 Å². The smallest absolute Gasteiger partial charge is 0.180 e. The van der Waals surface area contributed by atoms with Crippen molar-refractivity contribution in [3.05, 3.63) is 10.6 Å². The Morgan fingerprint density at radius 2 is 2.00 bits per heavy atom. The average molecular weight is 312 g/mol. The van der Waals surface area contributed by atoms with Crippen molar-refractivity contribution in [3.63, 3.8) is 0 Å². The van der Waals surface area contributed by atoms with Gasteiger partial charge in [0.2, 0.25) is 0 Å². The number of anilines is 1. The van der Waals surface area contributed by atoms with Gasteiger partial charge in [0.15, 0.2) is 5.13 Å². The molecule has 1 aromatic heterocycles. The van der Waals surface area contributed by atoms with E-state index in [1.165, 1.54) is 17.0 Å². The van der Waals surface area contributed by atoms with E-state index in [-0.39, 0.29) is 24.8 Å². The lowest BCUT2D eigenvalue weighted by Gasteiger charge is -2.36. The summed E-state index contributed by atoms with van der Waals surface area (Å²) in [5.74, 6) is 0. The summed E-state index contributed by atoms with van der Waals surface area (Å²) in [4.78, 5) is 8.38. The molecule has 4 nitrogen and oxygen atoms in total. The van der Waals surface area contributed by atoms with Crippen LogP contribution in [0, 0.1) is 0 Å². The Kier molecular flexibility index (Phi) is 6.14. The van der Waals surface area contributed by atoms with Gasteiger partial charge >= 0.3 is 0 Å². The fourth-order valence-electron chi connectivity index (χ4n) is 2.64. The zero-order valence-electron chi connectivity index (χ0n) is 10.1. The van der Waals surface area contributed by atoms with Gasteiger partial charge in [0.25, 0.3) is 0 Å². The minimum atomic E-state index is 0.